The van der Waals surface area contributed by atoms with Crippen molar-refractivity contribution in [2.45, 2.75) is 31.7 Å². The van der Waals surface area contributed by atoms with Gasteiger partial charge < -0.3 is 10.2 Å². The van der Waals surface area contributed by atoms with Crippen LogP contribution >= 0.6 is 0 Å². The van der Waals surface area contributed by atoms with Gasteiger partial charge in [0.2, 0.25) is 5.91 Å². The normalized spacial score (nSPS) is 16.7. The number of benzene rings is 2. The van der Waals surface area contributed by atoms with Crippen LogP contribution in [0, 0.1) is 17.5 Å². The molecule has 0 fully saturated rings. The van der Waals surface area contributed by atoms with Crippen molar-refractivity contribution in [3.05, 3.63) is 65.0 Å². The summed E-state index contributed by atoms with van der Waals surface area (Å²) in [5.74, 6) is -1.94. The highest BCUT2D eigenvalue weighted by Gasteiger charge is 2.45. The molecular weight excluding hydrogens is 341 g/mol. The summed E-state index contributed by atoms with van der Waals surface area (Å²) in [6.07, 6.45) is 0.384. The van der Waals surface area contributed by atoms with Crippen LogP contribution in [0.4, 0.5) is 18.9 Å². The van der Waals surface area contributed by atoms with Crippen molar-refractivity contribution in [1.29, 1.82) is 0 Å². The van der Waals surface area contributed by atoms with E-state index in [1.165, 1.54) is 23.1 Å². The molecule has 1 heterocycles. The maximum absolute atomic E-state index is 14.4. The van der Waals surface area contributed by atoms with E-state index in [0.29, 0.717) is 23.2 Å². The molecule has 0 aromatic heterocycles. The molecule has 1 N–H and O–H groups in total. The van der Waals surface area contributed by atoms with Crippen LogP contribution in [0.5, 0.6) is 0 Å². The van der Waals surface area contributed by atoms with Gasteiger partial charge in [0, 0.05) is 18.7 Å². The molecule has 0 saturated heterocycles. The molecule has 2 aromatic carbocycles. The summed E-state index contributed by atoms with van der Waals surface area (Å²) in [7, 11) is 1.68. The summed E-state index contributed by atoms with van der Waals surface area (Å²) in [5, 5.41) is 3.01. The molecule has 3 rings (SSSR count). The first-order chi connectivity index (χ1) is 12.3. The summed E-state index contributed by atoms with van der Waals surface area (Å²) in [5.41, 5.74) is 0.588. The Bertz CT molecular complexity index is 831. The Labute approximate surface area is 150 Å². The Hall–Kier alpha value is -2.34. The Balaban J connectivity index is 1.86. The van der Waals surface area contributed by atoms with Gasteiger partial charge in [-0.25, -0.2) is 13.2 Å². The largest absolute Gasteiger partial charge is 0.313 e. The molecule has 138 valence electrons. The number of para-hydroxylation sites is 1. The number of amides is 1. The van der Waals surface area contributed by atoms with Gasteiger partial charge in [0.1, 0.15) is 17.5 Å². The van der Waals surface area contributed by atoms with Gasteiger partial charge in [-0.15, -0.1) is 0 Å². The van der Waals surface area contributed by atoms with Crippen molar-refractivity contribution in [1.82, 2.24) is 5.32 Å². The third-order valence-electron chi connectivity index (χ3n) is 4.99. The summed E-state index contributed by atoms with van der Waals surface area (Å²) in [6.45, 7) is 3.77. The third kappa shape index (κ3) is 3.09. The molecule has 0 bridgehead atoms. The van der Waals surface area contributed by atoms with Crippen molar-refractivity contribution >= 4 is 11.6 Å². The molecular formula is C20H21F3N2O. The molecule has 1 unspecified atom stereocenters. The summed E-state index contributed by atoms with van der Waals surface area (Å²) >= 11 is 0. The fourth-order valence-electron chi connectivity index (χ4n) is 3.57. The number of hydrogen-bond donors (Lipinski definition) is 1. The van der Waals surface area contributed by atoms with Crippen LogP contribution in [-0.2, 0) is 10.2 Å². The zero-order valence-electron chi connectivity index (χ0n) is 14.9. The number of fused-ring (bicyclic) bond motifs is 1. The zero-order valence-corrected chi connectivity index (χ0v) is 14.9. The van der Waals surface area contributed by atoms with E-state index >= 15 is 0 Å². The maximum atomic E-state index is 14.4. The van der Waals surface area contributed by atoms with Crippen molar-refractivity contribution in [3.63, 3.8) is 0 Å². The van der Waals surface area contributed by atoms with Gasteiger partial charge in [-0.2, -0.15) is 0 Å². The fraction of sp³-hybridized carbons (Fsp3) is 0.350. The van der Waals surface area contributed by atoms with Crippen LogP contribution in [0.15, 0.2) is 36.4 Å². The molecule has 3 nitrogen and oxygen atoms in total. The van der Waals surface area contributed by atoms with Crippen LogP contribution in [0.2, 0.25) is 0 Å². The predicted octanol–water partition coefficient (Wildman–Crippen LogP) is 4.08. The van der Waals surface area contributed by atoms with E-state index in [1.54, 1.807) is 33.0 Å². The number of hydrogen-bond acceptors (Lipinski definition) is 2. The van der Waals surface area contributed by atoms with E-state index < -0.39 is 22.9 Å². The van der Waals surface area contributed by atoms with Gasteiger partial charge in [-0.05, 0) is 56.6 Å². The van der Waals surface area contributed by atoms with Crippen molar-refractivity contribution in [2.75, 3.05) is 18.5 Å². The van der Waals surface area contributed by atoms with Gasteiger partial charge in [-0.3, -0.25) is 4.79 Å². The first kappa shape index (κ1) is 18.5. The lowest BCUT2D eigenvalue weighted by atomic mass is 9.86. The van der Waals surface area contributed by atoms with E-state index in [4.69, 9.17) is 0 Å². The van der Waals surface area contributed by atoms with Crippen molar-refractivity contribution in [3.8, 4) is 0 Å². The number of nitrogens with zero attached hydrogens (tertiary/aromatic N) is 1. The topological polar surface area (TPSA) is 32.3 Å². The minimum atomic E-state index is -0.808. The van der Waals surface area contributed by atoms with Crippen LogP contribution < -0.4 is 10.2 Å². The van der Waals surface area contributed by atoms with Gasteiger partial charge in [-0.1, -0.05) is 12.1 Å². The van der Waals surface area contributed by atoms with Crippen LogP contribution in [0.25, 0.3) is 0 Å². The van der Waals surface area contributed by atoms with E-state index in [9.17, 15) is 18.0 Å². The average Bonchev–Trinajstić information content (AvgIpc) is 2.76. The first-order valence-electron chi connectivity index (χ1n) is 8.50. The second-order valence-corrected chi connectivity index (χ2v) is 7.05. The lowest BCUT2D eigenvalue weighted by Gasteiger charge is -2.24. The van der Waals surface area contributed by atoms with Gasteiger partial charge in [0.25, 0.3) is 0 Å². The standard InChI is InChI=1S/C20H21F3N2O/c1-20(2)15-5-4-6-16(23)18(15)25(19(20)26)8-7-17(24-3)12-9-13(21)11-14(22)10-12/h4-6,9-11,17,24H,7-8H2,1-3H3. The van der Waals surface area contributed by atoms with E-state index in [-0.39, 0.29) is 18.5 Å². The van der Waals surface area contributed by atoms with Crippen LogP contribution in [0.3, 0.4) is 0 Å². The molecule has 6 heteroatoms. The van der Waals surface area contributed by atoms with E-state index in [0.717, 1.165) is 6.07 Å². The number of anilines is 1. The minimum Gasteiger partial charge on any atom is -0.313 e. The van der Waals surface area contributed by atoms with Crippen molar-refractivity contribution < 1.29 is 18.0 Å². The van der Waals surface area contributed by atoms with Gasteiger partial charge in [0.15, 0.2) is 0 Å². The molecule has 2 aromatic rings. The third-order valence-corrected chi connectivity index (χ3v) is 4.99. The van der Waals surface area contributed by atoms with Gasteiger partial charge >= 0.3 is 0 Å². The first-order valence-corrected chi connectivity index (χ1v) is 8.50. The summed E-state index contributed by atoms with van der Waals surface area (Å²) in [6, 6.07) is 7.65. The molecule has 0 spiro atoms. The maximum Gasteiger partial charge on any atom is 0.237 e. The molecule has 1 aliphatic heterocycles. The monoisotopic (exact) mass is 362 g/mol. The lowest BCUT2D eigenvalue weighted by molar-refractivity contribution is -0.122. The lowest BCUT2D eigenvalue weighted by Crippen LogP contribution is -2.38. The molecule has 0 saturated carbocycles. The zero-order chi connectivity index (χ0) is 19.1. The summed E-state index contributed by atoms with van der Waals surface area (Å²) < 4.78 is 41.4. The highest BCUT2D eigenvalue weighted by molar-refractivity contribution is 6.07. The quantitative estimate of drug-likeness (QED) is 0.869. The number of nitrogens with one attached hydrogen (secondary N) is 1. The number of halogens is 3. The predicted molar refractivity (Wildman–Crippen MR) is 94.6 cm³/mol. The molecule has 1 atom stereocenters. The van der Waals surface area contributed by atoms with Crippen molar-refractivity contribution in [2.24, 2.45) is 0 Å². The number of rotatable bonds is 5. The van der Waals surface area contributed by atoms with E-state index in [1.807, 2.05) is 0 Å². The minimum absolute atomic E-state index is 0.183. The highest BCUT2D eigenvalue weighted by atomic mass is 19.1. The average molecular weight is 362 g/mol. The van der Waals surface area contributed by atoms with Gasteiger partial charge in [0.05, 0.1) is 11.1 Å². The van der Waals surface area contributed by atoms with Crippen LogP contribution in [-0.4, -0.2) is 19.5 Å². The Morgan fingerprint density at radius 2 is 1.77 bits per heavy atom. The second-order valence-electron chi connectivity index (χ2n) is 7.05. The van der Waals surface area contributed by atoms with Crippen LogP contribution in [0.1, 0.15) is 37.4 Å². The van der Waals surface area contributed by atoms with E-state index in [2.05, 4.69) is 5.32 Å². The second kappa shape index (κ2) is 6.76. The summed E-state index contributed by atoms with van der Waals surface area (Å²) in [4.78, 5) is 14.2. The number of carbonyl (C=O) groups is 1. The molecule has 1 aliphatic rings. The fourth-order valence-corrected chi connectivity index (χ4v) is 3.57. The Morgan fingerprint density at radius 3 is 2.38 bits per heavy atom. The number of carbonyl (C=O) groups excluding carboxylic acids is 1. The Morgan fingerprint density at radius 1 is 1.12 bits per heavy atom. The molecule has 0 radical (unpaired) electrons. The highest BCUT2D eigenvalue weighted by Crippen LogP contribution is 2.43. The molecule has 1 amide bonds. The smallest absolute Gasteiger partial charge is 0.237 e. The SMILES string of the molecule is CNC(CCN1C(=O)C(C)(C)c2cccc(F)c21)c1cc(F)cc(F)c1. The molecule has 26 heavy (non-hydrogen) atoms. The molecule has 0 aliphatic carbocycles. The Kier molecular flexibility index (Phi) is 4.80.